The fraction of sp³-hybridized carbons (Fsp3) is 0.300. The molecule has 0 unspecified atom stereocenters. The van der Waals surface area contributed by atoms with Crippen LogP contribution in [0.4, 0.5) is 5.69 Å². The van der Waals surface area contributed by atoms with Crippen molar-refractivity contribution in [3.05, 3.63) is 52.5 Å². The molecule has 2 amide bonds. The molecule has 0 bridgehead atoms. The number of amides is 2. The molecule has 2 aromatic heterocycles. The van der Waals surface area contributed by atoms with Crippen LogP contribution in [0.15, 0.2) is 45.5 Å². The number of rotatable bonds is 7. The van der Waals surface area contributed by atoms with Crippen molar-refractivity contribution < 1.29 is 14.0 Å². The van der Waals surface area contributed by atoms with Gasteiger partial charge in [-0.2, -0.15) is 11.3 Å². The zero-order valence-corrected chi connectivity index (χ0v) is 16.1. The van der Waals surface area contributed by atoms with Crippen LogP contribution < -0.4 is 5.32 Å². The fourth-order valence-corrected chi connectivity index (χ4v) is 3.77. The molecular formula is C20H20N4O3S. The number of hydrogen-bond donors (Lipinski definition) is 1. The number of aryl methyl sites for hydroxylation is 1. The average Bonchev–Trinajstić information content (AvgIpc) is 3.43. The summed E-state index contributed by atoms with van der Waals surface area (Å²) in [4.78, 5) is 25.9. The summed E-state index contributed by atoms with van der Waals surface area (Å²) in [5, 5.41) is 14.8. The van der Waals surface area contributed by atoms with E-state index in [9.17, 15) is 9.59 Å². The minimum atomic E-state index is -0.121. The summed E-state index contributed by atoms with van der Waals surface area (Å²) < 4.78 is 5.60. The van der Waals surface area contributed by atoms with Gasteiger partial charge in [0.2, 0.25) is 23.6 Å². The number of likely N-dealkylation sites (tertiary alicyclic amines) is 1. The first-order valence-corrected chi connectivity index (χ1v) is 10.1. The number of hydrogen-bond acceptors (Lipinski definition) is 6. The average molecular weight is 396 g/mol. The molecule has 8 heteroatoms. The monoisotopic (exact) mass is 396 g/mol. The highest BCUT2D eigenvalue weighted by molar-refractivity contribution is 7.08. The third kappa shape index (κ3) is 4.45. The molecule has 0 atom stereocenters. The number of carbonyl (C=O) groups excluding carboxylic acids is 2. The Balaban J connectivity index is 1.30. The minimum absolute atomic E-state index is 0.121. The molecular weight excluding hydrogens is 376 g/mol. The highest BCUT2D eigenvalue weighted by atomic mass is 32.1. The minimum Gasteiger partial charge on any atom is -0.421 e. The maximum Gasteiger partial charge on any atom is 0.248 e. The second kappa shape index (κ2) is 8.35. The Morgan fingerprint density at radius 2 is 2.21 bits per heavy atom. The van der Waals surface area contributed by atoms with Gasteiger partial charge in [-0.25, -0.2) is 0 Å². The molecule has 1 aromatic carbocycles. The van der Waals surface area contributed by atoms with Gasteiger partial charge in [-0.15, -0.1) is 10.2 Å². The van der Waals surface area contributed by atoms with Crippen molar-refractivity contribution in [1.82, 2.24) is 15.1 Å². The second-order valence-corrected chi connectivity index (χ2v) is 7.46. The van der Waals surface area contributed by atoms with E-state index in [2.05, 4.69) is 15.5 Å². The van der Waals surface area contributed by atoms with Crippen LogP contribution in [0.3, 0.4) is 0 Å². The maximum atomic E-state index is 12.3. The van der Waals surface area contributed by atoms with Crippen LogP contribution in [0.5, 0.6) is 0 Å². The lowest BCUT2D eigenvalue weighted by molar-refractivity contribution is -0.128. The van der Waals surface area contributed by atoms with Crippen LogP contribution in [0.2, 0.25) is 0 Å². The summed E-state index contributed by atoms with van der Waals surface area (Å²) in [5.74, 6) is 0.985. The predicted octanol–water partition coefficient (Wildman–Crippen LogP) is 3.49. The fourth-order valence-electron chi connectivity index (χ4n) is 3.14. The van der Waals surface area contributed by atoms with Crippen molar-refractivity contribution in [2.24, 2.45) is 0 Å². The summed E-state index contributed by atoms with van der Waals surface area (Å²) in [5.41, 5.74) is 2.62. The van der Waals surface area contributed by atoms with Crippen molar-refractivity contribution in [3.8, 4) is 11.5 Å². The number of carbonyl (C=O) groups is 2. The third-order valence-electron chi connectivity index (χ3n) is 4.56. The number of thiophene rings is 1. The zero-order valence-electron chi connectivity index (χ0n) is 15.3. The molecule has 4 rings (SSSR count). The molecule has 3 heterocycles. The largest absolute Gasteiger partial charge is 0.421 e. The molecule has 0 spiro atoms. The summed E-state index contributed by atoms with van der Waals surface area (Å²) in [6, 6.07) is 9.51. The van der Waals surface area contributed by atoms with E-state index >= 15 is 0 Å². The molecule has 28 heavy (non-hydrogen) atoms. The highest BCUT2D eigenvalue weighted by Crippen LogP contribution is 2.21. The normalized spacial score (nSPS) is 13.9. The van der Waals surface area contributed by atoms with Gasteiger partial charge in [0.15, 0.2) is 0 Å². The zero-order chi connectivity index (χ0) is 19.3. The number of benzene rings is 1. The lowest BCUT2D eigenvalue weighted by Gasteiger charge is -2.16. The topological polar surface area (TPSA) is 88.3 Å². The second-order valence-electron chi connectivity index (χ2n) is 6.68. The van der Waals surface area contributed by atoms with E-state index in [0.717, 1.165) is 29.8 Å². The van der Waals surface area contributed by atoms with Gasteiger partial charge in [-0.1, -0.05) is 12.1 Å². The predicted molar refractivity (Wildman–Crippen MR) is 106 cm³/mol. The van der Waals surface area contributed by atoms with E-state index in [0.29, 0.717) is 31.2 Å². The SMILES string of the molecule is O=C(CCc1nnc(-c2ccsc2)o1)Nc1cccc(CN2CCCC2=O)c1. The van der Waals surface area contributed by atoms with Crippen LogP contribution in [-0.4, -0.2) is 33.5 Å². The van der Waals surface area contributed by atoms with Gasteiger partial charge in [-0.3, -0.25) is 9.59 Å². The van der Waals surface area contributed by atoms with Crippen LogP contribution in [0, 0.1) is 0 Å². The molecule has 1 fully saturated rings. The van der Waals surface area contributed by atoms with Gasteiger partial charge < -0.3 is 14.6 Å². The molecule has 0 saturated carbocycles. The molecule has 0 aliphatic carbocycles. The van der Waals surface area contributed by atoms with Crippen molar-refractivity contribution in [1.29, 1.82) is 0 Å². The molecule has 144 valence electrons. The summed E-state index contributed by atoms with van der Waals surface area (Å²) >= 11 is 1.56. The standard InChI is InChI=1S/C20H20N4O3S/c25-17(6-7-18-22-23-20(27-18)15-8-10-28-13-15)21-16-4-1-3-14(11-16)12-24-9-2-5-19(24)26/h1,3-4,8,10-11,13H,2,5-7,9,12H2,(H,21,25). The maximum absolute atomic E-state index is 12.3. The first-order chi connectivity index (χ1) is 13.7. The van der Waals surface area contributed by atoms with E-state index in [1.807, 2.05) is 46.0 Å². The van der Waals surface area contributed by atoms with Gasteiger partial charge in [0.25, 0.3) is 0 Å². The van der Waals surface area contributed by atoms with Crippen LogP contribution in [0.1, 0.15) is 30.7 Å². The summed E-state index contributed by atoms with van der Waals surface area (Å²) in [6.07, 6.45) is 2.17. The van der Waals surface area contributed by atoms with Gasteiger partial charge >= 0.3 is 0 Å². The molecule has 1 N–H and O–H groups in total. The Labute approximate surface area is 166 Å². The van der Waals surface area contributed by atoms with Crippen molar-refractivity contribution in [2.75, 3.05) is 11.9 Å². The molecule has 1 saturated heterocycles. The van der Waals surface area contributed by atoms with Crippen LogP contribution in [-0.2, 0) is 22.6 Å². The van der Waals surface area contributed by atoms with Crippen molar-refractivity contribution in [3.63, 3.8) is 0 Å². The molecule has 0 radical (unpaired) electrons. The number of anilines is 1. The Bertz CT molecular complexity index is 968. The Hall–Kier alpha value is -3.00. The van der Waals surface area contributed by atoms with Crippen molar-refractivity contribution >= 4 is 28.8 Å². The first-order valence-electron chi connectivity index (χ1n) is 9.19. The molecule has 7 nitrogen and oxygen atoms in total. The smallest absolute Gasteiger partial charge is 0.248 e. The van der Waals surface area contributed by atoms with E-state index < -0.39 is 0 Å². The summed E-state index contributed by atoms with van der Waals surface area (Å²) in [6.45, 7) is 1.38. The Kier molecular flexibility index (Phi) is 5.48. The highest BCUT2D eigenvalue weighted by Gasteiger charge is 2.20. The Morgan fingerprint density at radius 3 is 3.00 bits per heavy atom. The van der Waals surface area contributed by atoms with Gasteiger partial charge in [0, 0.05) is 49.0 Å². The lowest BCUT2D eigenvalue weighted by Crippen LogP contribution is -2.23. The van der Waals surface area contributed by atoms with Crippen LogP contribution >= 0.6 is 11.3 Å². The number of nitrogens with zero attached hydrogens (tertiary/aromatic N) is 3. The lowest BCUT2D eigenvalue weighted by atomic mass is 10.2. The van der Waals surface area contributed by atoms with E-state index in [4.69, 9.17) is 4.42 Å². The van der Waals surface area contributed by atoms with Crippen molar-refractivity contribution in [2.45, 2.75) is 32.2 Å². The Morgan fingerprint density at radius 1 is 1.29 bits per heavy atom. The first kappa shape index (κ1) is 18.4. The quantitative estimate of drug-likeness (QED) is 0.660. The summed E-state index contributed by atoms with van der Waals surface area (Å²) in [7, 11) is 0. The van der Waals surface area contributed by atoms with Gasteiger partial charge in [0.1, 0.15) is 0 Å². The van der Waals surface area contributed by atoms with Gasteiger partial charge in [0.05, 0.1) is 0 Å². The number of nitrogens with one attached hydrogen (secondary N) is 1. The molecule has 1 aliphatic heterocycles. The van der Waals surface area contributed by atoms with Crippen LogP contribution in [0.25, 0.3) is 11.5 Å². The number of aromatic nitrogens is 2. The van der Waals surface area contributed by atoms with E-state index in [1.54, 1.807) is 11.3 Å². The molecule has 3 aromatic rings. The van der Waals surface area contributed by atoms with E-state index in [1.165, 1.54) is 0 Å². The molecule has 1 aliphatic rings. The van der Waals surface area contributed by atoms with Gasteiger partial charge in [-0.05, 0) is 35.6 Å². The van der Waals surface area contributed by atoms with E-state index in [-0.39, 0.29) is 18.2 Å². The third-order valence-corrected chi connectivity index (χ3v) is 5.24.